The molecule has 0 aliphatic heterocycles. The third kappa shape index (κ3) is 2.53. The van der Waals surface area contributed by atoms with Gasteiger partial charge >= 0.3 is 6.18 Å². The lowest BCUT2D eigenvalue weighted by Crippen LogP contribution is -2.10. The van der Waals surface area contributed by atoms with E-state index >= 15 is 0 Å². The van der Waals surface area contributed by atoms with Crippen LogP contribution in [0.5, 0.6) is 0 Å². The maximum Gasteiger partial charge on any atom is 0.417 e. The Labute approximate surface area is 86.5 Å². The molecule has 0 bridgehead atoms. The molecule has 0 amide bonds. The van der Waals surface area contributed by atoms with Gasteiger partial charge in [0.05, 0.1) is 11.3 Å². The molecule has 0 fully saturated rings. The first kappa shape index (κ1) is 10.7. The molecule has 72 valence electrons. The Morgan fingerprint density at radius 1 is 1.46 bits per heavy atom. The molecular weight excluding hydrogens is 296 g/mol. The van der Waals surface area contributed by atoms with Crippen LogP contribution < -0.4 is 5.73 Å². The molecule has 1 aromatic rings. The highest BCUT2D eigenvalue weighted by atomic mass is 127. The smallest absolute Gasteiger partial charge is 0.325 e. The molecule has 1 rings (SSSR count). The predicted octanol–water partition coefficient (Wildman–Crippen LogP) is 2.16. The fourth-order valence-corrected chi connectivity index (χ4v) is 1.41. The van der Waals surface area contributed by atoms with Crippen molar-refractivity contribution in [2.45, 2.75) is 12.7 Å². The zero-order valence-corrected chi connectivity index (χ0v) is 8.56. The molecule has 0 aromatic carbocycles. The van der Waals surface area contributed by atoms with Crippen molar-refractivity contribution in [3.63, 3.8) is 0 Å². The van der Waals surface area contributed by atoms with E-state index in [2.05, 4.69) is 4.98 Å². The summed E-state index contributed by atoms with van der Waals surface area (Å²) in [7, 11) is 0. The van der Waals surface area contributed by atoms with Crippen molar-refractivity contribution in [2.24, 2.45) is 5.73 Å². The van der Waals surface area contributed by atoms with Gasteiger partial charge in [0.2, 0.25) is 0 Å². The summed E-state index contributed by atoms with van der Waals surface area (Å²) in [6.07, 6.45) is -3.16. The second kappa shape index (κ2) is 3.79. The van der Waals surface area contributed by atoms with Crippen LogP contribution in [-0.2, 0) is 12.7 Å². The topological polar surface area (TPSA) is 38.9 Å². The minimum absolute atomic E-state index is 0.0139. The van der Waals surface area contributed by atoms with E-state index < -0.39 is 11.7 Å². The van der Waals surface area contributed by atoms with Crippen molar-refractivity contribution in [1.82, 2.24) is 4.98 Å². The van der Waals surface area contributed by atoms with Gasteiger partial charge in [0, 0.05) is 16.3 Å². The molecule has 0 spiro atoms. The molecule has 0 aliphatic carbocycles. The molecule has 0 atom stereocenters. The standard InChI is InChI=1S/C7H6F3IN2/c8-7(9,10)5-1-4(2-12)13-3-6(5)11/h1,3H,2,12H2. The van der Waals surface area contributed by atoms with E-state index in [0.29, 0.717) is 0 Å². The largest absolute Gasteiger partial charge is 0.417 e. The zero-order valence-electron chi connectivity index (χ0n) is 6.40. The highest BCUT2D eigenvalue weighted by molar-refractivity contribution is 14.1. The van der Waals surface area contributed by atoms with Crippen LogP contribution in [0.4, 0.5) is 13.2 Å². The van der Waals surface area contributed by atoms with Gasteiger partial charge in [-0.15, -0.1) is 0 Å². The van der Waals surface area contributed by atoms with E-state index in [4.69, 9.17) is 5.73 Å². The lowest BCUT2D eigenvalue weighted by atomic mass is 10.2. The second-order valence-corrected chi connectivity index (χ2v) is 3.52. The Balaban J connectivity index is 3.19. The van der Waals surface area contributed by atoms with Gasteiger partial charge in [-0.3, -0.25) is 4.98 Å². The molecule has 0 saturated heterocycles. The molecule has 0 unspecified atom stereocenters. The maximum absolute atomic E-state index is 12.3. The van der Waals surface area contributed by atoms with Crippen LogP contribution in [0.2, 0.25) is 0 Å². The summed E-state index contributed by atoms with van der Waals surface area (Å²) in [4.78, 5) is 3.74. The van der Waals surface area contributed by atoms with Crippen LogP contribution in [0.1, 0.15) is 11.3 Å². The Bertz CT molecular complexity index is 311. The summed E-state index contributed by atoms with van der Waals surface area (Å²) < 4.78 is 37.0. The summed E-state index contributed by atoms with van der Waals surface area (Å²) in [5, 5.41) is 0. The Morgan fingerprint density at radius 2 is 2.08 bits per heavy atom. The number of halogens is 4. The van der Waals surface area contributed by atoms with Gasteiger partial charge in [-0.2, -0.15) is 13.2 Å². The summed E-state index contributed by atoms with van der Waals surface area (Å²) in [5.41, 5.74) is 4.75. The third-order valence-electron chi connectivity index (χ3n) is 1.43. The number of nitrogens with zero attached hydrogens (tertiary/aromatic N) is 1. The average Bonchev–Trinajstić information content (AvgIpc) is 2.03. The summed E-state index contributed by atoms with van der Waals surface area (Å²) in [5.74, 6) is 0. The average molecular weight is 302 g/mol. The molecule has 2 N–H and O–H groups in total. The number of pyridine rings is 1. The van der Waals surface area contributed by atoms with E-state index in [-0.39, 0.29) is 15.8 Å². The van der Waals surface area contributed by atoms with E-state index in [1.807, 2.05) is 0 Å². The third-order valence-corrected chi connectivity index (χ3v) is 2.29. The van der Waals surface area contributed by atoms with Crippen molar-refractivity contribution < 1.29 is 13.2 Å². The number of hydrogen-bond acceptors (Lipinski definition) is 2. The monoisotopic (exact) mass is 302 g/mol. The van der Waals surface area contributed by atoms with Crippen molar-refractivity contribution in [3.05, 3.63) is 27.1 Å². The molecule has 2 nitrogen and oxygen atoms in total. The fraction of sp³-hybridized carbons (Fsp3) is 0.286. The highest BCUT2D eigenvalue weighted by Crippen LogP contribution is 2.32. The Kier molecular flexibility index (Phi) is 3.12. The number of aromatic nitrogens is 1. The SMILES string of the molecule is NCc1cc(C(F)(F)F)c(I)cn1. The number of hydrogen-bond donors (Lipinski definition) is 1. The number of rotatable bonds is 1. The number of alkyl halides is 3. The minimum atomic E-state index is -4.33. The molecule has 1 aromatic heterocycles. The van der Waals surface area contributed by atoms with Gasteiger partial charge in [-0.05, 0) is 28.7 Å². The lowest BCUT2D eigenvalue weighted by molar-refractivity contribution is -0.138. The van der Waals surface area contributed by atoms with Gasteiger partial charge in [-0.1, -0.05) is 0 Å². The molecule has 6 heteroatoms. The van der Waals surface area contributed by atoms with Crippen molar-refractivity contribution >= 4 is 22.6 Å². The Hall–Kier alpha value is -0.370. The van der Waals surface area contributed by atoms with E-state index in [0.717, 1.165) is 6.07 Å². The number of nitrogens with two attached hydrogens (primary N) is 1. The van der Waals surface area contributed by atoms with Crippen molar-refractivity contribution in [2.75, 3.05) is 0 Å². The predicted molar refractivity (Wildman–Crippen MR) is 49.8 cm³/mol. The first-order valence-corrected chi connectivity index (χ1v) is 4.44. The van der Waals surface area contributed by atoms with Gasteiger partial charge in [-0.25, -0.2) is 0 Å². The summed E-state index contributed by atoms with van der Waals surface area (Å²) in [6.45, 7) is 0.0139. The van der Waals surface area contributed by atoms with E-state index in [9.17, 15) is 13.2 Å². The highest BCUT2D eigenvalue weighted by Gasteiger charge is 2.33. The fourth-order valence-electron chi connectivity index (χ4n) is 0.811. The van der Waals surface area contributed by atoms with Crippen molar-refractivity contribution in [1.29, 1.82) is 0 Å². The first-order chi connectivity index (χ1) is 5.95. The minimum Gasteiger partial charge on any atom is -0.325 e. The molecule has 0 aliphatic rings. The molecule has 13 heavy (non-hydrogen) atoms. The van der Waals surface area contributed by atoms with Crippen LogP contribution in [0.3, 0.4) is 0 Å². The van der Waals surface area contributed by atoms with E-state index in [1.54, 1.807) is 22.6 Å². The zero-order chi connectivity index (χ0) is 10.1. The second-order valence-electron chi connectivity index (χ2n) is 2.36. The molecule has 1 heterocycles. The molecule has 0 saturated carbocycles. The van der Waals surface area contributed by atoms with Crippen LogP contribution in [0.25, 0.3) is 0 Å². The van der Waals surface area contributed by atoms with Gasteiger partial charge in [0.15, 0.2) is 0 Å². The molecule has 0 radical (unpaired) electrons. The molecular formula is C7H6F3IN2. The lowest BCUT2D eigenvalue weighted by Gasteiger charge is -2.09. The summed E-state index contributed by atoms with van der Waals surface area (Å²) in [6, 6.07) is 0.974. The van der Waals surface area contributed by atoms with Crippen LogP contribution in [-0.4, -0.2) is 4.98 Å². The first-order valence-electron chi connectivity index (χ1n) is 3.37. The van der Waals surface area contributed by atoms with Gasteiger partial charge in [0.25, 0.3) is 0 Å². The van der Waals surface area contributed by atoms with Gasteiger partial charge in [0.1, 0.15) is 0 Å². The van der Waals surface area contributed by atoms with Crippen molar-refractivity contribution in [3.8, 4) is 0 Å². The quantitative estimate of drug-likeness (QED) is 0.808. The van der Waals surface area contributed by atoms with Gasteiger partial charge < -0.3 is 5.73 Å². The Morgan fingerprint density at radius 3 is 2.54 bits per heavy atom. The van der Waals surface area contributed by atoms with Crippen LogP contribution in [0, 0.1) is 3.57 Å². The van der Waals surface area contributed by atoms with E-state index in [1.165, 1.54) is 6.20 Å². The van der Waals surface area contributed by atoms with Crippen LogP contribution in [0.15, 0.2) is 12.3 Å². The maximum atomic E-state index is 12.3. The normalized spacial score (nSPS) is 11.8. The summed E-state index contributed by atoms with van der Waals surface area (Å²) >= 11 is 1.60. The van der Waals surface area contributed by atoms with Crippen LogP contribution >= 0.6 is 22.6 Å².